The van der Waals surface area contributed by atoms with Gasteiger partial charge in [-0.1, -0.05) is 5.16 Å². The number of thioether (sulfide) groups is 1. The molecule has 0 aromatic carbocycles. The van der Waals surface area contributed by atoms with Gasteiger partial charge in [0.25, 0.3) is 0 Å². The highest BCUT2D eigenvalue weighted by Crippen LogP contribution is 2.24. The van der Waals surface area contributed by atoms with Crippen molar-refractivity contribution in [2.75, 3.05) is 36.5 Å². The highest BCUT2D eigenvalue weighted by atomic mass is 32.2. The molecule has 1 aliphatic rings. The first-order valence-electron chi connectivity index (χ1n) is 7.57. The molecule has 1 atom stereocenters. The minimum atomic E-state index is -0.774. The van der Waals surface area contributed by atoms with Gasteiger partial charge in [-0.15, -0.1) is 0 Å². The maximum absolute atomic E-state index is 12.0. The highest BCUT2D eigenvalue weighted by molar-refractivity contribution is 7.99. The topological polar surface area (TPSA) is 101 Å². The average Bonchev–Trinajstić information content (AvgIpc) is 3.30. The smallest absolute Gasteiger partial charge is 0.314 e. The SMILES string of the molecule is O=C(NCC(c1ccoc1)N1CCSCC1)C(=O)Nc1ccon1. The third kappa shape index (κ3) is 4.18. The summed E-state index contributed by atoms with van der Waals surface area (Å²) in [5.74, 6) is 0.820. The van der Waals surface area contributed by atoms with E-state index in [0.717, 1.165) is 30.2 Å². The largest absolute Gasteiger partial charge is 0.472 e. The Balaban J connectivity index is 1.58. The first-order valence-corrected chi connectivity index (χ1v) is 8.73. The van der Waals surface area contributed by atoms with Crippen LogP contribution in [0.2, 0.25) is 0 Å². The molecule has 1 aliphatic heterocycles. The summed E-state index contributed by atoms with van der Waals surface area (Å²) in [6, 6.07) is 3.33. The highest BCUT2D eigenvalue weighted by Gasteiger charge is 2.25. The molecule has 24 heavy (non-hydrogen) atoms. The number of rotatable bonds is 5. The van der Waals surface area contributed by atoms with Crippen LogP contribution in [0.4, 0.5) is 5.82 Å². The Morgan fingerprint density at radius 3 is 2.75 bits per heavy atom. The quantitative estimate of drug-likeness (QED) is 0.779. The van der Waals surface area contributed by atoms with Gasteiger partial charge in [0.05, 0.1) is 18.6 Å². The number of nitrogens with zero attached hydrogens (tertiary/aromatic N) is 2. The summed E-state index contributed by atoms with van der Waals surface area (Å²) in [6.07, 6.45) is 4.60. The third-order valence-corrected chi connectivity index (χ3v) is 4.70. The fourth-order valence-corrected chi connectivity index (χ4v) is 3.46. The van der Waals surface area contributed by atoms with E-state index in [1.807, 2.05) is 17.8 Å². The van der Waals surface area contributed by atoms with Gasteiger partial charge in [0.15, 0.2) is 5.82 Å². The van der Waals surface area contributed by atoms with Gasteiger partial charge in [0, 0.05) is 42.8 Å². The van der Waals surface area contributed by atoms with Crippen LogP contribution in [0.15, 0.2) is 39.9 Å². The van der Waals surface area contributed by atoms with Crippen LogP contribution < -0.4 is 10.6 Å². The summed E-state index contributed by atoms with van der Waals surface area (Å²) in [7, 11) is 0. The Hall–Kier alpha value is -2.26. The van der Waals surface area contributed by atoms with Gasteiger partial charge in [-0.2, -0.15) is 11.8 Å². The van der Waals surface area contributed by atoms with Crippen molar-refractivity contribution in [2.24, 2.45) is 0 Å². The van der Waals surface area contributed by atoms with Crippen molar-refractivity contribution in [2.45, 2.75) is 6.04 Å². The van der Waals surface area contributed by atoms with Gasteiger partial charge >= 0.3 is 11.8 Å². The number of anilines is 1. The van der Waals surface area contributed by atoms with Crippen LogP contribution in [0.5, 0.6) is 0 Å². The predicted molar refractivity (Wildman–Crippen MR) is 88.5 cm³/mol. The van der Waals surface area contributed by atoms with Gasteiger partial charge in [-0.05, 0) is 6.07 Å². The first-order chi connectivity index (χ1) is 11.7. The zero-order chi connectivity index (χ0) is 16.8. The molecular weight excluding hydrogens is 332 g/mol. The van der Waals surface area contributed by atoms with E-state index < -0.39 is 11.8 Å². The summed E-state index contributed by atoms with van der Waals surface area (Å²) >= 11 is 1.91. The molecule has 0 radical (unpaired) electrons. The zero-order valence-corrected chi connectivity index (χ0v) is 13.8. The van der Waals surface area contributed by atoms with Crippen molar-refractivity contribution in [3.05, 3.63) is 36.5 Å². The number of carbonyl (C=O) groups excluding carboxylic acids is 2. The van der Waals surface area contributed by atoms with Crippen LogP contribution in [0.3, 0.4) is 0 Å². The Morgan fingerprint density at radius 1 is 1.25 bits per heavy atom. The second kappa shape index (κ2) is 8.02. The van der Waals surface area contributed by atoms with E-state index in [9.17, 15) is 9.59 Å². The number of nitrogens with one attached hydrogen (secondary N) is 2. The number of aromatic nitrogens is 1. The van der Waals surface area contributed by atoms with Gasteiger partial charge in [0.2, 0.25) is 0 Å². The fraction of sp³-hybridized carbons (Fsp3) is 0.400. The molecule has 0 aliphatic carbocycles. The molecule has 2 aromatic heterocycles. The number of hydrogen-bond donors (Lipinski definition) is 2. The van der Waals surface area contributed by atoms with Gasteiger partial charge in [-0.3, -0.25) is 19.8 Å². The van der Waals surface area contributed by atoms with Gasteiger partial charge in [-0.25, -0.2) is 0 Å². The number of hydrogen-bond acceptors (Lipinski definition) is 7. The Labute approximate surface area is 142 Å². The monoisotopic (exact) mass is 350 g/mol. The van der Waals surface area contributed by atoms with Crippen LogP contribution in [-0.4, -0.2) is 53.0 Å². The molecule has 0 spiro atoms. The van der Waals surface area contributed by atoms with E-state index in [1.165, 1.54) is 12.3 Å². The second-order valence-corrected chi connectivity index (χ2v) is 6.49. The molecule has 1 unspecified atom stereocenters. The van der Waals surface area contributed by atoms with E-state index in [0.29, 0.717) is 6.54 Å². The number of amides is 2. The maximum Gasteiger partial charge on any atom is 0.314 e. The molecule has 9 heteroatoms. The van der Waals surface area contributed by atoms with Crippen molar-refractivity contribution in [1.29, 1.82) is 0 Å². The molecular formula is C15H18N4O4S. The third-order valence-electron chi connectivity index (χ3n) is 3.76. The molecule has 2 aromatic rings. The standard InChI is InChI=1S/C15H18N4O4S/c20-14(15(21)17-13-2-6-23-18-13)16-9-12(11-1-5-22-10-11)19-3-7-24-8-4-19/h1-2,5-6,10,12H,3-4,7-9H2,(H,16,20)(H,17,18,21). The van der Waals surface area contributed by atoms with Crippen LogP contribution >= 0.6 is 11.8 Å². The predicted octanol–water partition coefficient (Wildman–Crippen LogP) is 1.11. The van der Waals surface area contributed by atoms with Crippen molar-refractivity contribution >= 4 is 29.4 Å². The van der Waals surface area contributed by atoms with E-state index in [2.05, 4.69) is 25.2 Å². The molecule has 2 N–H and O–H groups in total. The van der Waals surface area contributed by atoms with Crippen LogP contribution in [-0.2, 0) is 9.59 Å². The van der Waals surface area contributed by atoms with Gasteiger partial charge < -0.3 is 14.3 Å². The van der Waals surface area contributed by atoms with Crippen LogP contribution in [0.25, 0.3) is 0 Å². The molecule has 0 saturated carbocycles. The van der Waals surface area contributed by atoms with Crippen molar-refractivity contribution in [3.8, 4) is 0 Å². The molecule has 3 rings (SSSR count). The summed E-state index contributed by atoms with van der Waals surface area (Å²) in [5, 5.41) is 8.59. The molecule has 128 valence electrons. The number of furan rings is 1. The summed E-state index contributed by atoms with van der Waals surface area (Å²) < 4.78 is 9.77. The molecule has 3 heterocycles. The zero-order valence-electron chi connectivity index (χ0n) is 12.9. The summed E-state index contributed by atoms with van der Waals surface area (Å²) in [6.45, 7) is 2.19. The molecule has 0 bridgehead atoms. The van der Waals surface area contributed by atoms with Crippen molar-refractivity contribution in [3.63, 3.8) is 0 Å². The lowest BCUT2D eigenvalue weighted by molar-refractivity contribution is -0.136. The van der Waals surface area contributed by atoms with Crippen molar-refractivity contribution in [1.82, 2.24) is 15.4 Å². The van der Waals surface area contributed by atoms with Crippen molar-refractivity contribution < 1.29 is 18.5 Å². The Kier molecular flexibility index (Phi) is 5.55. The lowest BCUT2D eigenvalue weighted by Crippen LogP contribution is -2.44. The first kappa shape index (κ1) is 16.6. The molecule has 8 nitrogen and oxygen atoms in total. The lowest BCUT2D eigenvalue weighted by atomic mass is 10.1. The van der Waals surface area contributed by atoms with Crippen LogP contribution in [0, 0.1) is 0 Å². The molecule has 1 fully saturated rings. The lowest BCUT2D eigenvalue weighted by Gasteiger charge is -2.33. The minimum absolute atomic E-state index is 0.0200. The van der Waals surface area contributed by atoms with E-state index in [4.69, 9.17) is 4.42 Å². The minimum Gasteiger partial charge on any atom is -0.472 e. The Morgan fingerprint density at radius 2 is 2.08 bits per heavy atom. The second-order valence-electron chi connectivity index (χ2n) is 5.27. The van der Waals surface area contributed by atoms with Gasteiger partial charge in [0.1, 0.15) is 6.26 Å². The summed E-state index contributed by atoms with van der Waals surface area (Å²) in [5.41, 5.74) is 0.985. The van der Waals surface area contributed by atoms with E-state index in [-0.39, 0.29) is 11.9 Å². The Bertz CT molecular complexity index is 653. The molecule has 1 saturated heterocycles. The van der Waals surface area contributed by atoms with E-state index in [1.54, 1.807) is 12.5 Å². The fourth-order valence-electron chi connectivity index (χ4n) is 2.53. The van der Waals surface area contributed by atoms with Crippen LogP contribution in [0.1, 0.15) is 11.6 Å². The van der Waals surface area contributed by atoms with E-state index >= 15 is 0 Å². The molecule has 2 amide bonds. The number of carbonyl (C=O) groups is 2. The normalized spacial score (nSPS) is 16.5. The summed E-state index contributed by atoms with van der Waals surface area (Å²) in [4.78, 5) is 26.1. The maximum atomic E-state index is 12.0. The average molecular weight is 350 g/mol.